The van der Waals surface area contributed by atoms with Gasteiger partial charge in [0.1, 0.15) is 5.82 Å². The molecule has 0 radical (unpaired) electrons. The smallest absolute Gasteiger partial charge is 0.154 e. The highest BCUT2D eigenvalue weighted by Crippen LogP contribution is 2.17. The number of halogens is 2. The Kier molecular flexibility index (Phi) is 4.88. The number of Topliss-reactive ketones (excluding diaryl/α,β-unsaturated/α-hetero) is 1. The average Bonchev–Trinajstić information content (AvgIpc) is 2.44. The Morgan fingerprint density at radius 2 is 1.85 bits per heavy atom. The van der Waals surface area contributed by atoms with Crippen molar-refractivity contribution in [1.82, 2.24) is 0 Å². The van der Waals surface area contributed by atoms with E-state index in [1.807, 2.05) is 30.3 Å². The number of carbonyl (C=O) groups is 1. The first-order valence-electron chi connectivity index (χ1n) is 6.32. The molecular formula is C16H15ClFNO. The van der Waals surface area contributed by atoms with Gasteiger partial charge < -0.3 is 5.73 Å². The minimum absolute atomic E-state index is 0.0203. The maximum absolute atomic E-state index is 13.0. The Morgan fingerprint density at radius 1 is 1.15 bits per heavy atom. The molecule has 2 aromatic rings. The molecule has 0 aromatic heterocycles. The summed E-state index contributed by atoms with van der Waals surface area (Å²) in [5.41, 5.74) is 7.60. The molecule has 0 fully saturated rings. The zero-order chi connectivity index (χ0) is 14.5. The number of hydrogen-bond acceptors (Lipinski definition) is 2. The molecule has 0 aliphatic heterocycles. The van der Waals surface area contributed by atoms with Crippen LogP contribution in [0.1, 0.15) is 11.1 Å². The van der Waals surface area contributed by atoms with E-state index in [1.54, 1.807) is 6.07 Å². The van der Waals surface area contributed by atoms with Crippen LogP contribution in [0.5, 0.6) is 0 Å². The Morgan fingerprint density at radius 3 is 2.50 bits per heavy atom. The van der Waals surface area contributed by atoms with Gasteiger partial charge in [0.25, 0.3) is 0 Å². The van der Waals surface area contributed by atoms with Crippen molar-refractivity contribution >= 4 is 17.4 Å². The number of carbonyl (C=O) groups excluding carboxylic acids is 1. The van der Waals surface area contributed by atoms with Gasteiger partial charge >= 0.3 is 0 Å². The lowest BCUT2D eigenvalue weighted by Gasteiger charge is -2.11. The molecule has 0 aliphatic rings. The van der Waals surface area contributed by atoms with Crippen LogP contribution < -0.4 is 5.73 Å². The van der Waals surface area contributed by atoms with Crippen LogP contribution in [0.15, 0.2) is 48.5 Å². The SMILES string of the molecule is NC(Cc1ccccc1)C(=O)Cc1ccc(F)c(Cl)c1. The number of ketones is 1. The summed E-state index contributed by atoms with van der Waals surface area (Å²) in [6.07, 6.45) is 0.655. The topological polar surface area (TPSA) is 43.1 Å². The zero-order valence-corrected chi connectivity index (χ0v) is 11.6. The molecule has 1 atom stereocenters. The van der Waals surface area contributed by atoms with Gasteiger partial charge in [-0.1, -0.05) is 48.0 Å². The van der Waals surface area contributed by atoms with Crippen LogP contribution >= 0.6 is 11.6 Å². The first-order valence-corrected chi connectivity index (χ1v) is 6.70. The lowest BCUT2D eigenvalue weighted by molar-refractivity contribution is -0.119. The molecular weight excluding hydrogens is 277 g/mol. The van der Waals surface area contributed by atoms with Gasteiger partial charge in [-0.05, 0) is 29.7 Å². The molecule has 2 aromatic carbocycles. The Hall–Kier alpha value is -1.71. The van der Waals surface area contributed by atoms with Crippen molar-refractivity contribution in [2.75, 3.05) is 0 Å². The van der Waals surface area contributed by atoms with E-state index >= 15 is 0 Å². The normalized spacial score (nSPS) is 12.2. The second kappa shape index (κ2) is 6.64. The fourth-order valence-electron chi connectivity index (χ4n) is 1.96. The monoisotopic (exact) mass is 291 g/mol. The summed E-state index contributed by atoms with van der Waals surface area (Å²) in [6, 6.07) is 13.3. The number of hydrogen-bond donors (Lipinski definition) is 1. The van der Waals surface area contributed by atoms with Crippen molar-refractivity contribution in [3.05, 3.63) is 70.5 Å². The van der Waals surface area contributed by atoms with E-state index in [1.165, 1.54) is 12.1 Å². The molecule has 20 heavy (non-hydrogen) atoms. The summed E-state index contributed by atoms with van der Waals surface area (Å²) in [6.45, 7) is 0. The summed E-state index contributed by atoms with van der Waals surface area (Å²) in [5.74, 6) is -0.576. The molecule has 2 nitrogen and oxygen atoms in total. The van der Waals surface area contributed by atoms with Crippen LogP contribution in [0.4, 0.5) is 4.39 Å². The van der Waals surface area contributed by atoms with Crippen molar-refractivity contribution in [2.24, 2.45) is 5.73 Å². The fourth-order valence-corrected chi connectivity index (χ4v) is 2.17. The molecule has 104 valence electrons. The maximum Gasteiger partial charge on any atom is 0.154 e. The third kappa shape index (κ3) is 3.89. The molecule has 0 amide bonds. The van der Waals surface area contributed by atoms with Crippen LogP contribution in [-0.2, 0) is 17.6 Å². The van der Waals surface area contributed by atoms with Crippen molar-refractivity contribution < 1.29 is 9.18 Å². The lowest BCUT2D eigenvalue weighted by Crippen LogP contribution is -2.33. The molecule has 2 rings (SSSR count). The number of rotatable bonds is 5. The molecule has 0 aliphatic carbocycles. The van der Waals surface area contributed by atoms with E-state index in [9.17, 15) is 9.18 Å². The second-order valence-electron chi connectivity index (χ2n) is 4.69. The molecule has 0 saturated carbocycles. The second-order valence-corrected chi connectivity index (χ2v) is 5.09. The molecule has 4 heteroatoms. The van der Waals surface area contributed by atoms with Gasteiger partial charge in [0.15, 0.2) is 5.78 Å². The summed E-state index contributed by atoms with van der Waals surface area (Å²) in [4.78, 5) is 12.1. The van der Waals surface area contributed by atoms with Crippen LogP contribution in [0.2, 0.25) is 5.02 Å². The zero-order valence-electron chi connectivity index (χ0n) is 10.9. The van der Waals surface area contributed by atoms with Gasteiger partial charge in [0.05, 0.1) is 11.1 Å². The van der Waals surface area contributed by atoms with E-state index in [0.29, 0.717) is 12.0 Å². The first kappa shape index (κ1) is 14.7. The summed E-state index contributed by atoms with van der Waals surface area (Å²) in [5, 5.41) is 0.0203. The Balaban J connectivity index is 1.99. The third-order valence-electron chi connectivity index (χ3n) is 3.07. The Bertz CT molecular complexity index is 601. The minimum atomic E-state index is -0.568. The quantitative estimate of drug-likeness (QED) is 0.919. The van der Waals surface area contributed by atoms with Crippen LogP contribution in [0.3, 0.4) is 0 Å². The lowest BCUT2D eigenvalue weighted by atomic mass is 9.98. The van der Waals surface area contributed by atoms with Crippen molar-refractivity contribution in [2.45, 2.75) is 18.9 Å². The highest BCUT2D eigenvalue weighted by molar-refractivity contribution is 6.30. The standard InChI is InChI=1S/C16H15ClFNO/c17-13-8-12(6-7-14(13)18)10-16(20)15(19)9-11-4-2-1-3-5-11/h1-8,15H,9-10,19H2. The van der Waals surface area contributed by atoms with Crippen molar-refractivity contribution in [3.63, 3.8) is 0 Å². The molecule has 1 unspecified atom stereocenters. The predicted octanol–water partition coefficient (Wildman–Crippen LogP) is 3.16. The molecule has 0 bridgehead atoms. The Labute approximate surface area is 122 Å². The van der Waals surface area contributed by atoms with Gasteiger partial charge in [0, 0.05) is 6.42 Å². The van der Waals surface area contributed by atoms with E-state index < -0.39 is 11.9 Å². The minimum Gasteiger partial charge on any atom is -0.321 e. The number of nitrogens with two attached hydrogens (primary N) is 1. The fraction of sp³-hybridized carbons (Fsp3) is 0.188. The van der Waals surface area contributed by atoms with Crippen LogP contribution in [0.25, 0.3) is 0 Å². The van der Waals surface area contributed by atoms with Gasteiger partial charge in [-0.2, -0.15) is 0 Å². The largest absolute Gasteiger partial charge is 0.321 e. The highest BCUT2D eigenvalue weighted by Gasteiger charge is 2.15. The average molecular weight is 292 g/mol. The summed E-state index contributed by atoms with van der Waals surface area (Å²) >= 11 is 5.69. The molecule has 0 heterocycles. The van der Waals surface area contributed by atoms with E-state index in [-0.39, 0.29) is 17.2 Å². The van der Waals surface area contributed by atoms with Gasteiger partial charge in [-0.15, -0.1) is 0 Å². The molecule has 0 spiro atoms. The van der Waals surface area contributed by atoms with Gasteiger partial charge in [-0.3, -0.25) is 4.79 Å². The van der Waals surface area contributed by atoms with Gasteiger partial charge in [0.2, 0.25) is 0 Å². The first-order chi connectivity index (χ1) is 9.56. The molecule has 2 N–H and O–H groups in total. The summed E-state index contributed by atoms with van der Waals surface area (Å²) in [7, 11) is 0. The summed E-state index contributed by atoms with van der Waals surface area (Å²) < 4.78 is 13.0. The highest BCUT2D eigenvalue weighted by atomic mass is 35.5. The van der Waals surface area contributed by atoms with Crippen molar-refractivity contribution in [3.8, 4) is 0 Å². The van der Waals surface area contributed by atoms with Crippen molar-refractivity contribution in [1.29, 1.82) is 0 Å². The predicted molar refractivity (Wildman–Crippen MR) is 78.2 cm³/mol. The maximum atomic E-state index is 13.0. The van der Waals surface area contributed by atoms with E-state index in [4.69, 9.17) is 17.3 Å². The van der Waals surface area contributed by atoms with Gasteiger partial charge in [-0.25, -0.2) is 4.39 Å². The van der Waals surface area contributed by atoms with Crippen LogP contribution in [-0.4, -0.2) is 11.8 Å². The van der Waals surface area contributed by atoms with E-state index in [0.717, 1.165) is 5.56 Å². The van der Waals surface area contributed by atoms with E-state index in [2.05, 4.69) is 0 Å². The van der Waals surface area contributed by atoms with Crippen LogP contribution in [0, 0.1) is 5.82 Å². The third-order valence-corrected chi connectivity index (χ3v) is 3.36. The molecule has 0 saturated heterocycles. The number of benzene rings is 2.